The monoisotopic (exact) mass is 248 g/mol. The molecule has 7 heteroatoms. The molecule has 0 aliphatic heterocycles. The van der Waals surface area contributed by atoms with E-state index in [9.17, 15) is 4.79 Å². The van der Waals surface area contributed by atoms with Gasteiger partial charge in [0.1, 0.15) is 0 Å². The predicted octanol–water partition coefficient (Wildman–Crippen LogP) is 0.460. The molecule has 4 nitrogen and oxygen atoms in total. The summed E-state index contributed by atoms with van der Waals surface area (Å²) >= 11 is 11.4. The summed E-state index contributed by atoms with van der Waals surface area (Å²) in [7, 11) is -0.569. The number of hydrogen-bond acceptors (Lipinski definition) is 4. The largest absolute Gasteiger partial charge is 0.489 e. The molecule has 0 amide bonds. The molecule has 0 aromatic heterocycles. The quantitative estimate of drug-likeness (QED) is 0.590. The van der Waals surface area contributed by atoms with Crippen LogP contribution < -0.4 is 5.46 Å². The minimum absolute atomic E-state index is 0.00136. The van der Waals surface area contributed by atoms with E-state index in [0.29, 0.717) is 0 Å². The van der Waals surface area contributed by atoms with Crippen molar-refractivity contribution in [2.24, 2.45) is 0 Å². The van der Waals surface area contributed by atoms with Crippen LogP contribution in [0.1, 0.15) is 10.4 Å². The van der Waals surface area contributed by atoms with Gasteiger partial charge in [-0.1, -0.05) is 23.2 Å². The number of hydrogen-bond donors (Lipinski definition) is 2. The molecular weight excluding hydrogens is 242 g/mol. The van der Waals surface area contributed by atoms with Gasteiger partial charge in [0.25, 0.3) is 0 Å². The fourth-order valence-electron chi connectivity index (χ4n) is 1.03. The van der Waals surface area contributed by atoms with Gasteiger partial charge < -0.3 is 14.8 Å². The molecule has 1 aromatic rings. The zero-order valence-electron chi connectivity index (χ0n) is 7.70. The van der Waals surface area contributed by atoms with Crippen molar-refractivity contribution in [2.75, 3.05) is 7.11 Å². The second-order valence-corrected chi connectivity index (χ2v) is 3.53. The van der Waals surface area contributed by atoms with Crippen LogP contribution in [0.3, 0.4) is 0 Å². The number of methoxy groups -OCH3 is 1. The van der Waals surface area contributed by atoms with E-state index in [1.54, 1.807) is 0 Å². The van der Waals surface area contributed by atoms with E-state index in [2.05, 4.69) is 4.74 Å². The van der Waals surface area contributed by atoms with Gasteiger partial charge in [-0.25, -0.2) is 4.79 Å². The Balaban J connectivity index is 3.29. The minimum Gasteiger partial charge on any atom is -0.465 e. The number of halogens is 2. The van der Waals surface area contributed by atoms with Crippen LogP contribution in [0.5, 0.6) is 0 Å². The van der Waals surface area contributed by atoms with Crippen LogP contribution in [0.25, 0.3) is 0 Å². The fraction of sp³-hybridized carbons (Fsp3) is 0.125. The Labute approximate surface area is 96.5 Å². The molecule has 1 rings (SSSR count). The molecule has 0 unspecified atom stereocenters. The summed E-state index contributed by atoms with van der Waals surface area (Å²) in [4.78, 5) is 11.2. The lowest BCUT2D eigenvalue weighted by atomic mass is 9.79. The maximum absolute atomic E-state index is 11.2. The topological polar surface area (TPSA) is 66.8 Å². The third-order valence-electron chi connectivity index (χ3n) is 1.77. The van der Waals surface area contributed by atoms with Gasteiger partial charge in [-0.05, 0) is 12.1 Å². The third kappa shape index (κ3) is 2.63. The maximum atomic E-state index is 11.2. The first-order valence-electron chi connectivity index (χ1n) is 3.90. The van der Waals surface area contributed by atoms with E-state index in [4.69, 9.17) is 33.2 Å². The van der Waals surface area contributed by atoms with E-state index < -0.39 is 13.1 Å². The molecule has 0 bridgehead atoms. The summed E-state index contributed by atoms with van der Waals surface area (Å²) in [5.41, 5.74) is 0.0353. The first-order valence-corrected chi connectivity index (χ1v) is 4.66. The molecule has 0 heterocycles. The van der Waals surface area contributed by atoms with Crippen molar-refractivity contribution < 1.29 is 19.6 Å². The summed E-state index contributed by atoms with van der Waals surface area (Å²) in [5.74, 6) is -0.668. The van der Waals surface area contributed by atoms with Gasteiger partial charge in [-0.3, -0.25) is 0 Å². The number of carbonyl (C=O) groups excluding carboxylic acids is 1. The highest BCUT2D eigenvalue weighted by Gasteiger charge is 2.20. The average Bonchev–Trinajstić information content (AvgIpc) is 2.16. The molecule has 2 N–H and O–H groups in total. The molecule has 0 radical (unpaired) electrons. The summed E-state index contributed by atoms with van der Waals surface area (Å²) in [6.45, 7) is 0. The van der Waals surface area contributed by atoms with E-state index in [-0.39, 0.29) is 21.1 Å². The van der Waals surface area contributed by atoms with Crippen LogP contribution in [-0.4, -0.2) is 30.2 Å². The number of ether oxygens (including phenoxy) is 1. The molecule has 15 heavy (non-hydrogen) atoms. The van der Waals surface area contributed by atoms with E-state index in [0.717, 1.165) is 0 Å². The zero-order chi connectivity index (χ0) is 11.6. The van der Waals surface area contributed by atoms with Crippen molar-refractivity contribution in [3.8, 4) is 0 Å². The van der Waals surface area contributed by atoms with Crippen molar-refractivity contribution in [1.82, 2.24) is 0 Å². The molecule has 1 aromatic carbocycles. The number of rotatable bonds is 2. The van der Waals surface area contributed by atoms with Gasteiger partial charge in [0.15, 0.2) is 0 Å². The summed E-state index contributed by atoms with van der Waals surface area (Å²) in [5, 5.41) is 18.1. The van der Waals surface area contributed by atoms with Gasteiger partial charge in [0.2, 0.25) is 0 Å². The average molecular weight is 249 g/mol. The second-order valence-electron chi connectivity index (χ2n) is 2.72. The molecule has 0 saturated carbocycles. The van der Waals surface area contributed by atoms with Crippen LogP contribution in [0, 0.1) is 0 Å². The molecule has 0 saturated heterocycles. The summed E-state index contributed by atoms with van der Waals surface area (Å²) < 4.78 is 4.46. The van der Waals surface area contributed by atoms with Gasteiger partial charge in [-0.2, -0.15) is 0 Å². The van der Waals surface area contributed by atoms with Crippen molar-refractivity contribution >= 4 is 41.8 Å². The van der Waals surface area contributed by atoms with E-state index in [1.807, 2.05) is 0 Å². The van der Waals surface area contributed by atoms with Crippen molar-refractivity contribution in [3.63, 3.8) is 0 Å². The van der Waals surface area contributed by atoms with Crippen molar-refractivity contribution in [3.05, 3.63) is 27.7 Å². The van der Waals surface area contributed by atoms with Gasteiger partial charge >= 0.3 is 13.1 Å². The lowest BCUT2D eigenvalue weighted by Gasteiger charge is -2.07. The SMILES string of the molecule is COC(=O)c1cc(B(O)O)c(Cl)cc1Cl. The molecule has 0 spiro atoms. The molecule has 0 fully saturated rings. The zero-order valence-corrected chi connectivity index (χ0v) is 9.21. The van der Waals surface area contributed by atoms with E-state index in [1.165, 1.54) is 19.2 Å². The van der Waals surface area contributed by atoms with Crippen LogP contribution >= 0.6 is 23.2 Å². The number of benzene rings is 1. The Morgan fingerprint density at radius 3 is 2.40 bits per heavy atom. The summed E-state index contributed by atoms with van der Waals surface area (Å²) in [6.07, 6.45) is 0. The standard InChI is InChI=1S/C8H7BCl2O4/c1-15-8(12)4-2-5(9(13)14)7(11)3-6(4)10/h2-3,13-14H,1H3. The highest BCUT2D eigenvalue weighted by Crippen LogP contribution is 2.20. The van der Waals surface area contributed by atoms with E-state index >= 15 is 0 Å². The van der Waals surface area contributed by atoms with Crippen LogP contribution in [0.4, 0.5) is 0 Å². The summed E-state index contributed by atoms with van der Waals surface area (Å²) in [6, 6.07) is 2.44. The normalized spacial score (nSPS) is 9.93. The molecule has 0 atom stereocenters. The Bertz CT molecular complexity index is 394. The lowest BCUT2D eigenvalue weighted by molar-refractivity contribution is 0.0601. The Morgan fingerprint density at radius 1 is 1.33 bits per heavy atom. The van der Waals surface area contributed by atoms with Crippen molar-refractivity contribution in [1.29, 1.82) is 0 Å². The van der Waals surface area contributed by atoms with Gasteiger partial charge in [0, 0.05) is 10.5 Å². The molecule has 0 aliphatic rings. The first kappa shape index (κ1) is 12.3. The van der Waals surface area contributed by atoms with Crippen LogP contribution in [-0.2, 0) is 4.74 Å². The minimum atomic E-state index is -1.77. The number of esters is 1. The Hall–Kier alpha value is -0.745. The third-order valence-corrected chi connectivity index (χ3v) is 2.41. The lowest BCUT2D eigenvalue weighted by Crippen LogP contribution is -2.31. The fourth-order valence-corrected chi connectivity index (χ4v) is 1.59. The van der Waals surface area contributed by atoms with Crippen LogP contribution in [0.2, 0.25) is 10.0 Å². The molecular formula is C8H7BCl2O4. The maximum Gasteiger partial charge on any atom is 0.489 e. The highest BCUT2D eigenvalue weighted by atomic mass is 35.5. The first-order chi connectivity index (χ1) is 6.97. The molecule has 0 aliphatic carbocycles. The number of carbonyl (C=O) groups is 1. The van der Waals surface area contributed by atoms with Gasteiger partial charge in [0.05, 0.1) is 17.7 Å². The van der Waals surface area contributed by atoms with Crippen molar-refractivity contribution in [2.45, 2.75) is 0 Å². The van der Waals surface area contributed by atoms with Crippen LogP contribution in [0.15, 0.2) is 12.1 Å². The smallest absolute Gasteiger partial charge is 0.465 e. The Morgan fingerprint density at radius 2 is 1.93 bits per heavy atom. The molecule has 80 valence electrons. The Kier molecular flexibility index (Phi) is 3.99. The second kappa shape index (κ2) is 4.85. The van der Waals surface area contributed by atoms with Gasteiger partial charge in [-0.15, -0.1) is 0 Å². The highest BCUT2D eigenvalue weighted by molar-refractivity contribution is 6.63. The predicted molar refractivity (Wildman–Crippen MR) is 57.6 cm³/mol.